The number of hydrogen-bond donors (Lipinski definition) is 1. The van der Waals surface area contributed by atoms with Crippen LogP contribution in [0.5, 0.6) is 0 Å². The number of aromatic amines is 1. The van der Waals surface area contributed by atoms with Gasteiger partial charge in [0.1, 0.15) is 10.8 Å². The predicted molar refractivity (Wildman–Crippen MR) is 84.8 cm³/mol. The van der Waals surface area contributed by atoms with Gasteiger partial charge in [-0.1, -0.05) is 40.9 Å². The summed E-state index contributed by atoms with van der Waals surface area (Å²) in [4.78, 5) is 5.77. The molecule has 3 heterocycles. The molecule has 1 N–H and O–H groups in total. The molecule has 5 nitrogen and oxygen atoms in total. The number of H-pyrrole nitrogens is 1. The molecule has 0 bridgehead atoms. The van der Waals surface area contributed by atoms with Crippen molar-refractivity contribution in [1.82, 2.24) is 25.4 Å². The molecule has 0 aromatic carbocycles. The van der Waals surface area contributed by atoms with Gasteiger partial charge in [0.05, 0.1) is 5.75 Å². The highest BCUT2D eigenvalue weighted by atomic mass is 32.2. The Labute approximate surface area is 132 Å². The number of nitrogens with zero attached hydrogens (tertiary/aromatic N) is 4. The predicted octanol–water partition coefficient (Wildman–Crippen LogP) is 3.32. The van der Waals surface area contributed by atoms with Crippen molar-refractivity contribution in [3.63, 3.8) is 0 Å². The molecule has 0 fully saturated rings. The minimum atomic E-state index is 0.758. The van der Waals surface area contributed by atoms with Gasteiger partial charge in [0.25, 0.3) is 0 Å². The van der Waals surface area contributed by atoms with E-state index in [1.165, 1.54) is 4.88 Å². The first-order valence-electron chi connectivity index (χ1n) is 5.76. The van der Waals surface area contributed by atoms with E-state index < -0.39 is 0 Å². The first-order chi connectivity index (χ1) is 9.83. The number of thiophene rings is 1. The van der Waals surface area contributed by atoms with Gasteiger partial charge in [0.2, 0.25) is 5.16 Å². The van der Waals surface area contributed by atoms with E-state index in [0.717, 1.165) is 32.5 Å². The maximum Gasteiger partial charge on any atom is 0.208 e. The molecule has 0 atom stereocenters. The molecule has 0 radical (unpaired) electrons. The summed E-state index contributed by atoms with van der Waals surface area (Å²) < 4.78 is 0.994. The molecule has 0 aliphatic heterocycles. The zero-order valence-electron chi connectivity index (χ0n) is 10.6. The van der Waals surface area contributed by atoms with Crippen LogP contribution in [0, 0.1) is 0 Å². The number of aromatic nitrogens is 5. The second kappa shape index (κ2) is 6.70. The summed E-state index contributed by atoms with van der Waals surface area (Å²) in [6, 6.07) is 4.15. The highest BCUT2D eigenvalue weighted by Crippen LogP contribution is 2.25. The Hall–Kier alpha value is -0.900. The average Bonchev–Trinajstić information content (AvgIpc) is 3.18. The molecule has 0 amide bonds. The summed E-state index contributed by atoms with van der Waals surface area (Å²) in [6.07, 6.45) is 2.81. The van der Waals surface area contributed by atoms with Crippen LogP contribution >= 0.6 is 46.2 Å². The van der Waals surface area contributed by atoms with Crippen molar-refractivity contribution in [2.75, 3.05) is 6.26 Å². The molecule has 0 saturated heterocycles. The molecule has 9 heteroatoms. The van der Waals surface area contributed by atoms with E-state index in [1.54, 1.807) is 46.2 Å². The van der Waals surface area contributed by atoms with Crippen molar-refractivity contribution in [1.29, 1.82) is 0 Å². The summed E-state index contributed by atoms with van der Waals surface area (Å²) in [5, 5.41) is 19.2. The highest BCUT2D eigenvalue weighted by Gasteiger charge is 2.08. The average molecular weight is 342 g/mol. The van der Waals surface area contributed by atoms with Gasteiger partial charge in [0, 0.05) is 11.3 Å². The van der Waals surface area contributed by atoms with E-state index in [2.05, 4.69) is 36.8 Å². The van der Waals surface area contributed by atoms with Crippen LogP contribution in [0.25, 0.3) is 0 Å². The first-order valence-corrected chi connectivity index (χ1v) is 9.67. The highest BCUT2D eigenvalue weighted by molar-refractivity contribution is 8.00. The van der Waals surface area contributed by atoms with Crippen LogP contribution in [0.15, 0.2) is 27.0 Å². The fourth-order valence-corrected chi connectivity index (χ4v) is 4.33. The van der Waals surface area contributed by atoms with Crippen LogP contribution in [-0.4, -0.2) is 31.6 Å². The minimum absolute atomic E-state index is 0.758. The molecule has 0 aliphatic carbocycles. The van der Waals surface area contributed by atoms with Crippen LogP contribution in [0.4, 0.5) is 0 Å². The van der Waals surface area contributed by atoms with Gasteiger partial charge in [-0.15, -0.1) is 26.6 Å². The largest absolute Gasteiger partial charge is 0.262 e. The fraction of sp³-hybridized carbons (Fsp3) is 0.273. The van der Waals surface area contributed by atoms with Gasteiger partial charge in [-0.3, -0.25) is 5.10 Å². The lowest BCUT2D eigenvalue weighted by Crippen LogP contribution is -1.87. The molecular weight excluding hydrogens is 330 g/mol. The van der Waals surface area contributed by atoms with Crippen molar-refractivity contribution in [3.05, 3.63) is 33.2 Å². The van der Waals surface area contributed by atoms with Crippen LogP contribution in [0.2, 0.25) is 0 Å². The Kier molecular flexibility index (Phi) is 4.71. The van der Waals surface area contributed by atoms with Gasteiger partial charge >= 0.3 is 0 Å². The van der Waals surface area contributed by atoms with Crippen molar-refractivity contribution in [2.24, 2.45) is 0 Å². The third-order valence-corrected chi connectivity index (χ3v) is 6.20. The molecule has 3 aromatic rings. The Morgan fingerprint density at radius 2 is 2.30 bits per heavy atom. The normalized spacial score (nSPS) is 11.1. The van der Waals surface area contributed by atoms with Gasteiger partial charge in [0.15, 0.2) is 4.34 Å². The van der Waals surface area contributed by atoms with Crippen LogP contribution in [0.3, 0.4) is 0 Å². The van der Waals surface area contributed by atoms with Gasteiger partial charge in [-0.25, -0.2) is 4.98 Å². The summed E-state index contributed by atoms with van der Waals surface area (Å²) >= 11 is 6.54. The third-order valence-electron chi connectivity index (χ3n) is 2.38. The van der Waals surface area contributed by atoms with E-state index in [9.17, 15) is 0 Å². The number of thioether (sulfide) groups is 2. The summed E-state index contributed by atoms with van der Waals surface area (Å²) in [5.74, 6) is 1.66. The lowest BCUT2D eigenvalue weighted by Gasteiger charge is -1.91. The lowest BCUT2D eigenvalue weighted by atomic mass is 10.3. The number of hydrogen-bond acceptors (Lipinski definition) is 8. The topological polar surface area (TPSA) is 67.3 Å². The Morgan fingerprint density at radius 3 is 3.05 bits per heavy atom. The molecule has 104 valence electrons. The van der Waals surface area contributed by atoms with Crippen LogP contribution in [-0.2, 0) is 12.2 Å². The van der Waals surface area contributed by atoms with Crippen molar-refractivity contribution < 1.29 is 0 Å². The maximum atomic E-state index is 4.48. The van der Waals surface area contributed by atoms with Crippen LogP contribution < -0.4 is 0 Å². The molecule has 3 rings (SSSR count). The van der Waals surface area contributed by atoms with Crippen LogP contribution in [0.1, 0.15) is 15.7 Å². The monoisotopic (exact) mass is 341 g/mol. The Balaban J connectivity index is 1.57. The molecule has 0 saturated carbocycles. The van der Waals surface area contributed by atoms with Crippen molar-refractivity contribution >= 4 is 46.2 Å². The minimum Gasteiger partial charge on any atom is -0.262 e. The molecular formula is C11H11N5S4. The zero-order valence-corrected chi connectivity index (χ0v) is 13.8. The van der Waals surface area contributed by atoms with E-state index in [-0.39, 0.29) is 0 Å². The Morgan fingerprint density at radius 1 is 1.35 bits per heavy atom. The summed E-state index contributed by atoms with van der Waals surface area (Å²) in [7, 11) is 0. The molecule has 0 spiro atoms. The quantitative estimate of drug-likeness (QED) is 0.694. The van der Waals surface area contributed by atoms with Gasteiger partial charge in [-0.2, -0.15) is 0 Å². The Bertz CT molecular complexity index is 660. The van der Waals surface area contributed by atoms with E-state index in [1.807, 2.05) is 12.3 Å². The SMILES string of the molecule is CSc1nnc(CSc2n[nH]c(Cc3cccs3)n2)s1. The number of nitrogens with one attached hydrogen (secondary N) is 1. The molecule has 0 unspecified atom stereocenters. The maximum absolute atomic E-state index is 4.48. The second-order valence-corrected chi connectivity index (χ2v) is 7.87. The van der Waals surface area contributed by atoms with Crippen molar-refractivity contribution in [2.45, 2.75) is 21.7 Å². The number of rotatable bonds is 6. The van der Waals surface area contributed by atoms with Gasteiger partial charge in [-0.05, 0) is 17.7 Å². The standard InChI is InChI=1S/C11H11N5S4/c1-17-11-16-14-9(20-11)6-19-10-12-8(13-15-10)5-7-3-2-4-18-7/h2-4H,5-6H2,1H3,(H,12,13,15). The summed E-state index contributed by atoms with van der Waals surface area (Å²) in [5.41, 5.74) is 0. The van der Waals surface area contributed by atoms with E-state index in [0.29, 0.717) is 0 Å². The smallest absolute Gasteiger partial charge is 0.208 e. The second-order valence-electron chi connectivity index (χ2n) is 3.78. The van der Waals surface area contributed by atoms with Crippen molar-refractivity contribution in [3.8, 4) is 0 Å². The van der Waals surface area contributed by atoms with Gasteiger partial charge < -0.3 is 0 Å². The lowest BCUT2D eigenvalue weighted by molar-refractivity contribution is 0.955. The molecule has 20 heavy (non-hydrogen) atoms. The van der Waals surface area contributed by atoms with E-state index >= 15 is 0 Å². The summed E-state index contributed by atoms with van der Waals surface area (Å²) in [6.45, 7) is 0. The van der Waals surface area contributed by atoms with E-state index in [4.69, 9.17) is 0 Å². The zero-order chi connectivity index (χ0) is 13.8. The third kappa shape index (κ3) is 3.60. The fourth-order valence-electron chi connectivity index (χ4n) is 1.50. The first kappa shape index (κ1) is 14.1. The molecule has 3 aromatic heterocycles. The molecule has 0 aliphatic rings.